The van der Waals surface area contributed by atoms with Crippen molar-refractivity contribution in [2.45, 2.75) is 6.92 Å². The molecule has 0 aromatic rings. The van der Waals surface area contributed by atoms with Crippen molar-refractivity contribution in [1.82, 2.24) is 0 Å². The second-order valence-corrected chi connectivity index (χ2v) is 4.25. The summed E-state index contributed by atoms with van der Waals surface area (Å²) in [6, 6.07) is 0. The van der Waals surface area contributed by atoms with Gasteiger partial charge in [0.25, 0.3) is 0 Å². The van der Waals surface area contributed by atoms with Crippen molar-refractivity contribution in [2.75, 3.05) is 44.1 Å². The van der Waals surface area contributed by atoms with E-state index < -0.39 is 11.9 Å². The molecule has 0 aromatic carbocycles. The van der Waals surface area contributed by atoms with Crippen molar-refractivity contribution in [3.8, 4) is 0 Å². The topological polar surface area (TPSA) is 71.1 Å². The molecule has 6 nitrogen and oxygen atoms in total. The molecule has 0 saturated carbocycles. The summed E-state index contributed by atoms with van der Waals surface area (Å²) in [5.41, 5.74) is 0. The SMILES string of the molecule is CCOC(=O)/C=C/C(=O)OCCOCCOCCI. The maximum Gasteiger partial charge on any atom is 0.331 e. The van der Waals surface area contributed by atoms with Crippen molar-refractivity contribution in [3.63, 3.8) is 0 Å². The number of carbonyl (C=O) groups is 2. The van der Waals surface area contributed by atoms with Gasteiger partial charge in [0.15, 0.2) is 0 Å². The van der Waals surface area contributed by atoms with E-state index in [2.05, 4.69) is 27.3 Å². The van der Waals surface area contributed by atoms with Gasteiger partial charge in [0.1, 0.15) is 6.61 Å². The van der Waals surface area contributed by atoms with Crippen LogP contribution in [0.3, 0.4) is 0 Å². The average Bonchev–Trinajstić information content (AvgIpc) is 2.40. The maximum atomic E-state index is 11.1. The molecule has 0 unspecified atom stereocenters. The molecule has 0 saturated heterocycles. The number of hydrogen-bond acceptors (Lipinski definition) is 6. The number of rotatable bonds is 11. The highest BCUT2D eigenvalue weighted by Gasteiger charge is 2.00. The Morgan fingerprint density at radius 3 is 2.00 bits per heavy atom. The Morgan fingerprint density at radius 2 is 1.42 bits per heavy atom. The van der Waals surface area contributed by atoms with Gasteiger partial charge in [-0.15, -0.1) is 0 Å². The van der Waals surface area contributed by atoms with E-state index in [1.807, 2.05) is 0 Å². The molecule has 0 aliphatic rings. The van der Waals surface area contributed by atoms with Gasteiger partial charge in [0.2, 0.25) is 0 Å². The highest BCUT2D eigenvalue weighted by Crippen LogP contribution is 1.87. The number of hydrogen-bond donors (Lipinski definition) is 0. The van der Waals surface area contributed by atoms with Gasteiger partial charge in [0.05, 0.1) is 33.0 Å². The smallest absolute Gasteiger partial charge is 0.331 e. The summed E-state index contributed by atoms with van der Waals surface area (Å²) in [6.45, 7) is 4.09. The van der Waals surface area contributed by atoms with Crippen LogP contribution in [0.1, 0.15) is 6.92 Å². The molecule has 0 N–H and O–H groups in total. The van der Waals surface area contributed by atoms with Crippen LogP contribution in [0.5, 0.6) is 0 Å². The molecule has 0 bridgehead atoms. The molecule has 0 fully saturated rings. The second kappa shape index (κ2) is 13.8. The summed E-state index contributed by atoms with van der Waals surface area (Å²) in [5, 5.41) is 0. The molecule has 0 aliphatic carbocycles. The third kappa shape index (κ3) is 13.6. The Kier molecular flexibility index (Phi) is 13.3. The van der Waals surface area contributed by atoms with Crippen LogP contribution in [0.4, 0.5) is 0 Å². The molecule has 7 heteroatoms. The maximum absolute atomic E-state index is 11.1. The molecular weight excluding hydrogens is 367 g/mol. The van der Waals surface area contributed by atoms with Crippen molar-refractivity contribution in [2.24, 2.45) is 0 Å². The number of carbonyl (C=O) groups excluding carboxylic acids is 2. The summed E-state index contributed by atoms with van der Waals surface area (Å²) < 4.78 is 20.7. The van der Waals surface area contributed by atoms with Crippen LogP contribution < -0.4 is 0 Å². The van der Waals surface area contributed by atoms with E-state index >= 15 is 0 Å². The highest BCUT2D eigenvalue weighted by atomic mass is 127. The van der Waals surface area contributed by atoms with Crippen molar-refractivity contribution >= 4 is 34.5 Å². The fourth-order valence-corrected chi connectivity index (χ4v) is 1.26. The third-order valence-corrected chi connectivity index (χ3v) is 2.15. The molecule has 0 atom stereocenters. The Bertz CT molecular complexity index is 279. The van der Waals surface area contributed by atoms with E-state index in [-0.39, 0.29) is 13.2 Å². The molecule has 0 heterocycles. The Labute approximate surface area is 126 Å². The lowest BCUT2D eigenvalue weighted by Gasteiger charge is -2.04. The number of esters is 2. The van der Waals surface area contributed by atoms with Crippen LogP contribution in [0.25, 0.3) is 0 Å². The van der Waals surface area contributed by atoms with E-state index in [4.69, 9.17) is 14.2 Å². The summed E-state index contributed by atoms with van der Waals surface area (Å²) in [6.07, 6.45) is 2.06. The summed E-state index contributed by atoms with van der Waals surface area (Å²) in [7, 11) is 0. The van der Waals surface area contributed by atoms with E-state index in [0.717, 1.165) is 16.6 Å². The summed E-state index contributed by atoms with van der Waals surface area (Å²) in [4.78, 5) is 22.0. The lowest BCUT2D eigenvalue weighted by Crippen LogP contribution is -2.12. The van der Waals surface area contributed by atoms with Gasteiger partial charge in [-0.1, -0.05) is 22.6 Å². The van der Waals surface area contributed by atoms with Crippen LogP contribution >= 0.6 is 22.6 Å². The highest BCUT2D eigenvalue weighted by molar-refractivity contribution is 14.1. The van der Waals surface area contributed by atoms with Crippen LogP contribution in [-0.4, -0.2) is 56.0 Å². The Balaban J connectivity index is 3.41. The molecular formula is C12H19IO6. The molecule has 110 valence electrons. The summed E-state index contributed by atoms with van der Waals surface area (Å²) >= 11 is 2.22. The lowest BCUT2D eigenvalue weighted by atomic mass is 10.5. The molecule has 0 aromatic heterocycles. The number of halogens is 1. The molecule has 0 amide bonds. The lowest BCUT2D eigenvalue weighted by molar-refractivity contribution is -0.141. The van der Waals surface area contributed by atoms with Crippen LogP contribution in [-0.2, 0) is 28.5 Å². The minimum absolute atomic E-state index is 0.137. The van der Waals surface area contributed by atoms with Gasteiger partial charge in [-0.05, 0) is 6.92 Å². The summed E-state index contributed by atoms with van der Waals surface area (Å²) in [5.74, 6) is -1.17. The van der Waals surface area contributed by atoms with Crippen LogP contribution in [0, 0.1) is 0 Å². The first-order chi connectivity index (χ1) is 9.20. The minimum atomic E-state index is -0.599. The minimum Gasteiger partial charge on any atom is -0.463 e. The molecule has 0 radical (unpaired) electrons. The number of ether oxygens (including phenoxy) is 4. The van der Waals surface area contributed by atoms with Crippen LogP contribution in [0.2, 0.25) is 0 Å². The first-order valence-corrected chi connectivity index (χ1v) is 7.46. The predicted octanol–water partition coefficient (Wildman–Crippen LogP) is 1.12. The predicted molar refractivity (Wildman–Crippen MR) is 77.3 cm³/mol. The van der Waals surface area contributed by atoms with Gasteiger partial charge in [-0.3, -0.25) is 0 Å². The normalized spacial score (nSPS) is 10.6. The zero-order valence-corrected chi connectivity index (χ0v) is 13.1. The average molecular weight is 386 g/mol. The molecule has 0 spiro atoms. The van der Waals surface area contributed by atoms with Gasteiger partial charge in [0, 0.05) is 16.6 Å². The molecule has 19 heavy (non-hydrogen) atoms. The van der Waals surface area contributed by atoms with E-state index in [0.29, 0.717) is 26.4 Å². The number of alkyl halides is 1. The Morgan fingerprint density at radius 1 is 0.895 bits per heavy atom. The first kappa shape index (κ1) is 18.3. The third-order valence-electron chi connectivity index (χ3n) is 1.71. The second-order valence-electron chi connectivity index (χ2n) is 3.17. The zero-order valence-electron chi connectivity index (χ0n) is 10.9. The van der Waals surface area contributed by atoms with E-state index in [1.165, 1.54) is 0 Å². The Hall–Kier alpha value is -0.670. The standard InChI is InChI=1S/C12H19IO6/c1-2-18-11(14)3-4-12(15)19-10-9-17-8-7-16-6-5-13/h3-4H,2,5-10H2,1H3/b4-3+. The first-order valence-electron chi connectivity index (χ1n) is 5.93. The van der Waals surface area contributed by atoms with E-state index in [1.54, 1.807) is 6.92 Å². The molecule has 0 rings (SSSR count). The molecule has 0 aliphatic heterocycles. The quantitative estimate of drug-likeness (QED) is 0.174. The van der Waals surface area contributed by atoms with Gasteiger partial charge in [-0.2, -0.15) is 0 Å². The fourth-order valence-electron chi connectivity index (χ4n) is 0.952. The fraction of sp³-hybridized carbons (Fsp3) is 0.667. The van der Waals surface area contributed by atoms with Gasteiger partial charge >= 0.3 is 11.9 Å². The largest absolute Gasteiger partial charge is 0.463 e. The van der Waals surface area contributed by atoms with Gasteiger partial charge in [-0.25, -0.2) is 9.59 Å². The van der Waals surface area contributed by atoms with E-state index in [9.17, 15) is 9.59 Å². The van der Waals surface area contributed by atoms with Gasteiger partial charge < -0.3 is 18.9 Å². The van der Waals surface area contributed by atoms with Crippen LogP contribution in [0.15, 0.2) is 12.2 Å². The van der Waals surface area contributed by atoms with Crippen molar-refractivity contribution < 1.29 is 28.5 Å². The van der Waals surface area contributed by atoms with Crippen molar-refractivity contribution in [3.05, 3.63) is 12.2 Å². The van der Waals surface area contributed by atoms with Crippen molar-refractivity contribution in [1.29, 1.82) is 0 Å². The monoisotopic (exact) mass is 386 g/mol. The zero-order chi connectivity index (χ0) is 14.3.